The molecule has 114 valence electrons. The lowest BCUT2D eigenvalue weighted by Crippen LogP contribution is -2.40. The van der Waals surface area contributed by atoms with Gasteiger partial charge in [0.2, 0.25) is 10.0 Å². The van der Waals surface area contributed by atoms with Gasteiger partial charge in [0.25, 0.3) is 0 Å². The average molecular weight is 365 g/mol. The van der Waals surface area contributed by atoms with Gasteiger partial charge >= 0.3 is 0 Å². The third-order valence-electron chi connectivity index (χ3n) is 2.94. The maximum Gasteiger partial charge on any atom is 0.241 e. The van der Waals surface area contributed by atoms with Gasteiger partial charge in [-0.1, -0.05) is 19.8 Å². The van der Waals surface area contributed by atoms with Crippen LogP contribution in [0.3, 0.4) is 0 Å². The van der Waals surface area contributed by atoms with Crippen LogP contribution < -0.4 is 15.2 Å². The van der Waals surface area contributed by atoms with E-state index < -0.39 is 10.0 Å². The minimum atomic E-state index is -3.59. The van der Waals surface area contributed by atoms with Crippen molar-refractivity contribution in [3.63, 3.8) is 0 Å². The summed E-state index contributed by atoms with van der Waals surface area (Å²) in [5, 5.41) is 0. The zero-order valence-electron chi connectivity index (χ0n) is 11.7. The van der Waals surface area contributed by atoms with Crippen molar-refractivity contribution in [2.24, 2.45) is 5.73 Å². The fourth-order valence-corrected chi connectivity index (χ4v) is 4.12. The number of nitrogens with one attached hydrogen (secondary N) is 1. The molecule has 0 heterocycles. The molecule has 1 aromatic carbocycles. The van der Waals surface area contributed by atoms with Gasteiger partial charge in [0.15, 0.2) is 0 Å². The Balaban J connectivity index is 2.92. The van der Waals surface area contributed by atoms with E-state index in [2.05, 4.69) is 27.6 Å². The van der Waals surface area contributed by atoms with E-state index in [9.17, 15) is 8.42 Å². The van der Waals surface area contributed by atoms with Crippen LogP contribution in [0.1, 0.15) is 26.2 Å². The summed E-state index contributed by atoms with van der Waals surface area (Å²) < 4.78 is 32.9. The molecule has 1 unspecified atom stereocenters. The Morgan fingerprint density at radius 1 is 1.45 bits per heavy atom. The van der Waals surface area contributed by atoms with Crippen molar-refractivity contribution in [2.75, 3.05) is 13.7 Å². The number of hydrogen-bond acceptors (Lipinski definition) is 4. The van der Waals surface area contributed by atoms with Crippen molar-refractivity contribution in [1.82, 2.24) is 4.72 Å². The number of ether oxygens (including phenoxy) is 1. The van der Waals surface area contributed by atoms with Crippen LogP contribution in [0, 0.1) is 0 Å². The summed E-state index contributed by atoms with van der Waals surface area (Å²) in [6.07, 6.45) is 2.68. The summed E-state index contributed by atoms with van der Waals surface area (Å²) >= 11 is 3.26. The first-order valence-corrected chi connectivity index (χ1v) is 8.78. The van der Waals surface area contributed by atoms with Gasteiger partial charge in [0.05, 0.1) is 12.0 Å². The zero-order valence-corrected chi connectivity index (χ0v) is 14.1. The standard InChI is InChI=1S/C13H21BrN2O3S/c1-3-4-5-10(9-15)16-20(17,18)13-7-6-11(19-2)8-12(13)14/h6-8,10,16H,3-5,9,15H2,1-2H3. The number of rotatable bonds is 8. The van der Waals surface area contributed by atoms with Gasteiger partial charge in [-0.25, -0.2) is 13.1 Å². The maximum absolute atomic E-state index is 12.3. The molecule has 0 saturated heterocycles. The van der Waals surface area contributed by atoms with Crippen LogP contribution in [0.4, 0.5) is 0 Å². The number of nitrogens with two attached hydrogens (primary N) is 1. The molecule has 0 spiro atoms. The molecule has 0 aliphatic rings. The van der Waals surface area contributed by atoms with Gasteiger partial charge in [-0.2, -0.15) is 0 Å². The Bertz CT molecular complexity index is 534. The molecule has 0 radical (unpaired) electrons. The van der Waals surface area contributed by atoms with Crippen LogP contribution >= 0.6 is 15.9 Å². The minimum Gasteiger partial charge on any atom is -0.497 e. The van der Waals surface area contributed by atoms with E-state index in [0.29, 0.717) is 10.2 Å². The Hall–Kier alpha value is -0.630. The third kappa shape index (κ3) is 4.73. The molecule has 0 aromatic heterocycles. The number of benzene rings is 1. The highest BCUT2D eigenvalue weighted by molar-refractivity contribution is 9.10. The minimum absolute atomic E-state index is 0.188. The molecule has 1 atom stereocenters. The second-order valence-electron chi connectivity index (χ2n) is 4.49. The van der Waals surface area contributed by atoms with Gasteiger partial charge < -0.3 is 10.5 Å². The third-order valence-corrected chi connectivity index (χ3v) is 5.44. The van der Waals surface area contributed by atoms with Gasteiger partial charge in [0, 0.05) is 17.1 Å². The van der Waals surface area contributed by atoms with Gasteiger partial charge in [-0.15, -0.1) is 0 Å². The number of unbranched alkanes of at least 4 members (excludes halogenated alkanes) is 1. The SMILES string of the molecule is CCCCC(CN)NS(=O)(=O)c1ccc(OC)cc1Br. The predicted octanol–water partition coefficient (Wildman–Crippen LogP) is 2.25. The molecular formula is C13H21BrN2O3S. The van der Waals surface area contributed by atoms with Gasteiger partial charge in [0.1, 0.15) is 5.75 Å². The monoisotopic (exact) mass is 364 g/mol. The highest BCUT2D eigenvalue weighted by Crippen LogP contribution is 2.26. The van der Waals surface area contributed by atoms with Crippen LogP contribution in [-0.4, -0.2) is 28.1 Å². The predicted molar refractivity (Wildman–Crippen MR) is 83.4 cm³/mol. The van der Waals surface area contributed by atoms with E-state index in [1.54, 1.807) is 12.1 Å². The van der Waals surface area contributed by atoms with E-state index >= 15 is 0 Å². The molecule has 20 heavy (non-hydrogen) atoms. The van der Waals surface area contributed by atoms with E-state index in [1.165, 1.54) is 13.2 Å². The number of methoxy groups -OCH3 is 1. The lowest BCUT2D eigenvalue weighted by molar-refractivity contribution is 0.414. The first-order chi connectivity index (χ1) is 9.44. The first-order valence-electron chi connectivity index (χ1n) is 6.50. The summed E-state index contributed by atoms with van der Waals surface area (Å²) in [4.78, 5) is 0.188. The van der Waals surface area contributed by atoms with Crippen LogP contribution in [0.2, 0.25) is 0 Å². The van der Waals surface area contributed by atoms with Crippen LogP contribution in [-0.2, 0) is 10.0 Å². The van der Waals surface area contributed by atoms with Crippen molar-refractivity contribution in [3.8, 4) is 5.75 Å². The average Bonchev–Trinajstić information content (AvgIpc) is 2.42. The zero-order chi connectivity index (χ0) is 15.2. The van der Waals surface area contributed by atoms with Gasteiger partial charge in [-0.3, -0.25) is 0 Å². The molecule has 5 nitrogen and oxygen atoms in total. The van der Waals surface area contributed by atoms with E-state index in [0.717, 1.165) is 19.3 Å². The van der Waals surface area contributed by atoms with E-state index in [4.69, 9.17) is 10.5 Å². The molecule has 1 rings (SSSR count). The second kappa shape index (κ2) is 7.97. The smallest absolute Gasteiger partial charge is 0.241 e. The molecule has 0 aliphatic carbocycles. The summed E-state index contributed by atoms with van der Waals surface area (Å²) in [5.41, 5.74) is 5.62. The maximum atomic E-state index is 12.3. The first kappa shape index (κ1) is 17.4. The Labute approximate surface area is 129 Å². The molecule has 0 amide bonds. The normalized spacial score (nSPS) is 13.2. The molecule has 7 heteroatoms. The van der Waals surface area contributed by atoms with Crippen LogP contribution in [0.25, 0.3) is 0 Å². The Morgan fingerprint density at radius 3 is 2.65 bits per heavy atom. The molecule has 1 aromatic rings. The quantitative estimate of drug-likeness (QED) is 0.740. The van der Waals surface area contributed by atoms with Crippen molar-refractivity contribution >= 4 is 26.0 Å². The summed E-state index contributed by atoms with van der Waals surface area (Å²) in [6, 6.07) is 4.51. The molecule has 3 N–H and O–H groups in total. The Kier molecular flexibility index (Phi) is 6.94. The summed E-state index contributed by atoms with van der Waals surface area (Å²) in [6.45, 7) is 2.34. The largest absolute Gasteiger partial charge is 0.497 e. The highest BCUT2D eigenvalue weighted by Gasteiger charge is 2.21. The molecular weight excluding hydrogens is 344 g/mol. The van der Waals surface area contributed by atoms with E-state index in [1.807, 2.05) is 0 Å². The lowest BCUT2D eigenvalue weighted by Gasteiger charge is -2.17. The fraction of sp³-hybridized carbons (Fsp3) is 0.538. The van der Waals surface area contributed by atoms with Gasteiger partial charge in [-0.05, 0) is 40.5 Å². The summed E-state index contributed by atoms with van der Waals surface area (Å²) in [7, 11) is -2.06. The van der Waals surface area contributed by atoms with E-state index in [-0.39, 0.29) is 17.5 Å². The summed E-state index contributed by atoms with van der Waals surface area (Å²) in [5.74, 6) is 0.595. The lowest BCUT2D eigenvalue weighted by atomic mass is 10.1. The van der Waals surface area contributed by atoms with Crippen molar-refractivity contribution in [2.45, 2.75) is 37.1 Å². The van der Waals surface area contributed by atoms with Crippen molar-refractivity contribution < 1.29 is 13.2 Å². The molecule has 0 aliphatic heterocycles. The molecule has 0 bridgehead atoms. The second-order valence-corrected chi connectivity index (χ2v) is 7.03. The van der Waals surface area contributed by atoms with Crippen molar-refractivity contribution in [1.29, 1.82) is 0 Å². The topological polar surface area (TPSA) is 81.4 Å². The Morgan fingerprint density at radius 2 is 2.15 bits per heavy atom. The van der Waals surface area contributed by atoms with Crippen LogP contribution in [0.5, 0.6) is 5.75 Å². The fourth-order valence-electron chi connectivity index (χ4n) is 1.78. The highest BCUT2D eigenvalue weighted by atomic mass is 79.9. The number of sulfonamides is 1. The molecule has 0 saturated carbocycles. The van der Waals surface area contributed by atoms with Crippen LogP contribution in [0.15, 0.2) is 27.6 Å². The van der Waals surface area contributed by atoms with Crippen molar-refractivity contribution in [3.05, 3.63) is 22.7 Å². The number of hydrogen-bond donors (Lipinski definition) is 2. The molecule has 0 fully saturated rings. The number of halogens is 1.